The summed E-state index contributed by atoms with van der Waals surface area (Å²) >= 11 is 0. The Morgan fingerprint density at radius 1 is 0.180 bits per heavy atom. The summed E-state index contributed by atoms with van der Waals surface area (Å²) in [7, 11) is 0. The van der Waals surface area contributed by atoms with Crippen molar-refractivity contribution >= 4 is 97.9 Å². The summed E-state index contributed by atoms with van der Waals surface area (Å²) in [6, 6.07) is 147. The molecule has 0 fully saturated rings. The zero-order valence-electron chi connectivity index (χ0n) is 60.5. The van der Waals surface area contributed by atoms with Crippen molar-refractivity contribution < 1.29 is 0 Å². The van der Waals surface area contributed by atoms with E-state index in [0.29, 0.717) is 5.82 Å². The fourth-order valence-electron chi connectivity index (χ4n) is 16.2. The number of pyridine rings is 2. The van der Waals surface area contributed by atoms with E-state index in [-0.39, 0.29) is 0 Å². The van der Waals surface area contributed by atoms with Crippen LogP contribution < -0.4 is 0 Å². The molecule has 0 atom stereocenters. The highest BCUT2D eigenvalue weighted by atomic mass is 15.1. The van der Waals surface area contributed by atoms with Gasteiger partial charge in [0.15, 0.2) is 5.82 Å². The molecule has 0 aliphatic rings. The highest BCUT2D eigenvalue weighted by Crippen LogP contribution is 2.42. The van der Waals surface area contributed by atoms with Crippen molar-refractivity contribution in [2.45, 2.75) is 0 Å². The van der Waals surface area contributed by atoms with Gasteiger partial charge in [0.05, 0.1) is 67.1 Å². The second kappa shape index (κ2) is 28.4. The molecule has 0 saturated heterocycles. The number of aromatic nitrogens is 7. The predicted molar refractivity (Wildman–Crippen MR) is 464 cm³/mol. The molecule has 6 heterocycles. The van der Waals surface area contributed by atoms with Crippen LogP contribution in [-0.4, -0.2) is 33.6 Å². The van der Waals surface area contributed by atoms with Crippen LogP contribution in [0.3, 0.4) is 0 Å². The Morgan fingerprint density at radius 2 is 0.541 bits per heavy atom. The average molecular weight is 1420 g/mol. The van der Waals surface area contributed by atoms with E-state index in [9.17, 15) is 0 Å². The summed E-state index contributed by atoms with van der Waals surface area (Å²) in [6.45, 7) is 0. The van der Waals surface area contributed by atoms with Crippen molar-refractivity contribution in [3.05, 3.63) is 419 Å². The van der Waals surface area contributed by atoms with Gasteiger partial charge in [0.1, 0.15) is 5.82 Å². The Bertz CT molecular complexity index is 7100. The molecule has 0 saturated carbocycles. The van der Waals surface area contributed by atoms with Crippen molar-refractivity contribution in [1.82, 2.24) is 33.6 Å². The lowest BCUT2D eigenvalue weighted by molar-refractivity contribution is 1.08. The SMILES string of the molecule is c1ccc(-c2cc(-c3ccccc3)nc(-c3ccc(-n4c5ccccc5c5c6ccccc6ccc54)cc3)n2)cc1.c1ccc(-c2ccc(-c3cc(-n4c5ccccc5c5ccccc54)c4ccccc4n3)cc2)cc1.c1ccc(-c2ccc(-c3cccc(-n4c5ccccc5c5c6ccccc6ccc54)n3)cc2)cc1. The quantitative estimate of drug-likeness (QED) is 0.137. The maximum atomic E-state index is 5.13. The van der Waals surface area contributed by atoms with Crippen LogP contribution in [0.2, 0.25) is 0 Å². The maximum Gasteiger partial charge on any atom is 0.160 e. The van der Waals surface area contributed by atoms with Gasteiger partial charge in [0.2, 0.25) is 0 Å². The number of fused-ring (bicyclic) bond motifs is 14. The molecule has 22 rings (SSSR count). The second-order valence-corrected chi connectivity index (χ2v) is 28.0. The van der Waals surface area contributed by atoms with E-state index in [0.717, 1.165) is 78.7 Å². The Hall–Kier alpha value is -14.9. The van der Waals surface area contributed by atoms with Crippen LogP contribution in [0, 0.1) is 0 Å². The summed E-state index contributed by atoms with van der Waals surface area (Å²) in [5.74, 6) is 1.64. The second-order valence-electron chi connectivity index (χ2n) is 28.0. The first-order chi connectivity index (χ1) is 55.1. The first kappa shape index (κ1) is 65.6. The molecule has 0 bridgehead atoms. The van der Waals surface area contributed by atoms with Gasteiger partial charge in [-0.2, -0.15) is 0 Å². The smallest absolute Gasteiger partial charge is 0.160 e. The highest BCUT2D eigenvalue weighted by Gasteiger charge is 2.21. The molecular formula is C104H69N7. The van der Waals surface area contributed by atoms with E-state index in [1.165, 1.54) is 109 Å². The van der Waals surface area contributed by atoms with Gasteiger partial charge in [-0.25, -0.2) is 19.9 Å². The molecule has 0 spiro atoms. The lowest BCUT2D eigenvalue weighted by atomic mass is 10.0. The lowest BCUT2D eigenvalue weighted by Gasteiger charge is -2.14. The molecule has 7 nitrogen and oxygen atoms in total. The molecule has 22 aromatic rings. The summed E-state index contributed by atoms with van der Waals surface area (Å²) in [5, 5.41) is 13.8. The van der Waals surface area contributed by atoms with Crippen molar-refractivity contribution in [1.29, 1.82) is 0 Å². The van der Waals surface area contributed by atoms with E-state index in [1.54, 1.807) is 0 Å². The van der Waals surface area contributed by atoms with E-state index < -0.39 is 0 Å². The molecule has 0 unspecified atom stereocenters. The summed E-state index contributed by atoms with van der Waals surface area (Å²) < 4.78 is 7.03. The minimum absolute atomic E-state index is 0.713. The molecule has 0 N–H and O–H groups in total. The number of hydrogen-bond donors (Lipinski definition) is 0. The number of nitrogens with zero attached hydrogens (tertiary/aromatic N) is 7. The average Bonchev–Trinajstić information content (AvgIpc) is 1.60. The number of hydrogen-bond acceptors (Lipinski definition) is 4. The van der Waals surface area contributed by atoms with Crippen LogP contribution in [0.25, 0.3) is 194 Å². The molecule has 111 heavy (non-hydrogen) atoms. The van der Waals surface area contributed by atoms with Crippen molar-refractivity contribution in [3.8, 4) is 95.9 Å². The fourth-order valence-corrected chi connectivity index (χ4v) is 16.2. The fraction of sp³-hybridized carbons (Fsp3) is 0. The molecule has 0 radical (unpaired) electrons. The van der Waals surface area contributed by atoms with Gasteiger partial charge in [0, 0.05) is 71.2 Å². The van der Waals surface area contributed by atoms with Gasteiger partial charge < -0.3 is 9.13 Å². The van der Waals surface area contributed by atoms with Crippen LogP contribution in [-0.2, 0) is 0 Å². The molecule has 6 aromatic heterocycles. The first-order valence-electron chi connectivity index (χ1n) is 37.7. The third-order valence-electron chi connectivity index (χ3n) is 21.4. The van der Waals surface area contributed by atoms with Crippen LogP contribution in [0.4, 0.5) is 0 Å². The van der Waals surface area contributed by atoms with Crippen LogP contribution in [0.15, 0.2) is 419 Å². The van der Waals surface area contributed by atoms with Gasteiger partial charge in [-0.3, -0.25) is 4.57 Å². The van der Waals surface area contributed by atoms with Gasteiger partial charge in [0.25, 0.3) is 0 Å². The zero-order valence-corrected chi connectivity index (χ0v) is 60.5. The molecule has 520 valence electrons. The minimum Gasteiger partial charge on any atom is -0.309 e. The largest absolute Gasteiger partial charge is 0.309 e. The van der Waals surface area contributed by atoms with E-state index >= 15 is 0 Å². The van der Waals surface area contributed by atoms with Crippen molar-refractivity contribution in [2.24, 2.45) is 0 Å². The molecular weight excluding hydrogens is 1350 g/mol. The summed E-state index contributed by atoms with van der Waals surface area (Å²) in [4.78, 5) is 20.2. The van der Waals surface area contributed by atoms with Crippen LogP contribution in [0.1, 0.15) is 0 Å². The van der Waals surface area contributed by atoms with E-state index in [2.05, 4.69) is 384 Å². The normalized spacial score (nSPS) is 11.4. The van der Waals surface area contributed by atoms with Gasteiger partial charge in [-0.15, -0.1) is 0 Å². The number of benzene rings is 16. The Labute approximate surface area is 641 Å². The monoisotopic (exact) mass is 1420 g/mol. The third-order valence-corrected chi connectivity index (χ3v) is 21.4. The van der Waals surface area contributed by atoms with Gasteiger partial charge >= 0.3 is 0 Å². The standard InChI is InChI=1S/C38H25N3.2C33H22N2/c1-3-12-27(13-4-1)33-25-34(28-14-5-2-6-15-28)40-38(39-33)29-19-22-30(23-20-29)41-35-18-10-9-17-32(35)37-31-16-8-7-11-26(31)21-24-36(37)41;1-2-10-23(11-3-1)24-18-20-25(21-19-24)30-22-33(28-14-4-7-15-29(28)34-30)35-31-16-8-5-12-26(31)27-13-6-9-17-32(27)35;1-2-9-23(10-3-1)24-17-19-26(20-18-24)29-14-8-16-32(34-29)35-30-15-7-6-13-28(30)33-27-12-5-4-11-25(27)21-22-31(33)35/h1-25H;2*1-22H. The molecule has 0 aliphatic carbocycles. The van der Waals surface area contributed by atoms with Gasteiger partial charge in [-0.05, 0) is 135 Å². The maximum absolute atomic E-state index is 5.13. The lowest BCUT2D eigenvalue weighted by Crippen LogP contribution is -1.98. The predicted octanol–water partition coefficient (Wildman–Crippen LogP) is 27.1. The Morgan fingerprint density at radius 3 is 1.05 bits per heavy atom. The van der Waals surface area contributed by atoms with Crippen LogP contribution in [0.5, 0.6) is 0 Å². The minimum atomic E-state index is 0.713. The number of para-hydroxylation sites is 5. The van der Waals surface area contributed by atoms with Crippen molar-refractivity contribution in [3.63, 3.8) is 0 Å². The molecule has 16 aromatic carbocycles. The Balaban J connectivity index is 0.000000109. The van der Waals surface area contributed by atoms with Crippen molar-refractivity contribution in [2.75, 3.05) is 0 Å². The Kier molecular flexibility index (Phi) is 16.8. The molecule has 0 aliphatic heterocycles. The number of rotatable bonds is 10. The third kappa shape index (κ3) is 12.2. The van der Waals surface area contributed by atoms with E-state index in [1.807, 2.05) is 48.5 Å². The summed E-state index contributed by atoms with van der Waals surface area (Å²) in [6.07, 6.45) is 0. The van der Waals surface area contributed by atoms with Crippen LogP contribution >= 0.6 is 0 Å². The van der Waals surface area contributed by atoms with E-state index in [4.69, 9.17) is 19.9 Å². The first-order valence-corrected chi connectivity index (χ1v) is 37.7. The summed E-state index contributed by atoms with van der Waals surface area (Å²) in [5.41, 5.74) is 24.4. The molecule has 0 amide bonds. The highest BCUT2D eigenvalue weighted by molar-refractivity contribution is 6.22. The van der Waals surface area contributed by atoms with Gasteiger partial charge in [-0.1, -0.05) is 328 Å². The molecule has 7 heteroatoms. The topological polar surface area (TPSA) is 66.3 Å². The zero-order chi connectivity index (χ0) is 73.6.